The van der Waals surface area contributed by atoms with Crippen molar-refractivity contribution in [3.05, 3.63) is 36.0 Å². The molecule has 0 fully saturated rings. The number of hydrogen-bond donors (Lipinski definition) is 1. The Bertz CT molecular complexity index is 481. The minimum atomic E-state index is 0.545. The number of nitrogens with zero attached hydrogens (tertiary/aromatic N) is 3. The van der Waals surface area contributed by atoms with Crippen molar-refractivity contribution in [2.45, 2.75) is 19.9 Å². The summed E-state index contributed by atoms with van der Waals surface area (Å²) in [5.41, 5.74) is 6.82. The maximum Gasteiger partial charge on any atom is 0.137 e. The first-order valence-electron chi connectivity index (χ1n) is 5.55. The van der Waals surface area contributed by atoms with Gasteiger partial charge in [-0.15, -0.1) is 0 Å². The van der Waals surface area contributed by atoms with E-state index >= 15 is 0 Å². The zero-order valence-corrected chi connectivity index (χ0v) is 10.1. The molecule has 2 rings (SSSR count). The van der Waals surface area contributed by atoms with Crippen molar-refractivity contribution in [3.8, 4) is 0 Å². The molecule has 0 unspecified atom stereocenters. The lowest BCUT2D eigenvalue weighted by atomic mass is 10.2. The fourth-order valence-corrected chi connectivity index (χ4v) is 1.80. The van der Waals surface area contributed by atoms with Gasteiger partial charge in [0.15, 0.2) is 0 Å². The third kappa shape index (κ3) is 2.38. The summed E-state index contributed by atoms with van der Waals surface area (Å²) in [6.45, 7) is 2.70. The summed E-state index contributed by atoms with van der Waals surface area (Å²) in [6.07, 6.45) is 3.96. The zero-order valence-electron chi connectivity index (χ0n) is 10.1. The van der Waals surface area contributed by atoms with Crippen LogP contribution in [0.5, 0.6) is 0 Å². The maximum atomic E-state index is 5.84. The summed E-state index contributed by atoms with van der Waals surface area (Å²) in [7, 11) is 1.96. The van der Waals surface area contributed by atoms with Crippen molar-refractivity contribution >= 4 is 11.6 Å². The van der Waals surface area contributed by atoms with Crippen LogP contribution in [0.3, 0.4) is 0 Å². The van der Waals surface area contributed by atoms with Gasteiger partial charge in [0.2, 0.25) is 0 Å². The smallest absolute Gasteiger partial charge is 0.137 e. The number of nitrogens with two attached hydrogens (primary N) is 1. The molecule has 90 valence electrons. The Hall–Kier alpha value is -2.04. The molecule has 0 saturated heterocycles. The molecule has 0 aromatic carbocycles. The Kier molecular flexibility index (Phi) is 3.27. The highest BCUT2D eigenvalue weighted by Crippen LogP contribution is 2.22. The Morgan fingerprint density at radius 1 is 1.41 bits per heavy atom. The molecule has 2 N–H and O–H groups in total. The fourth-order valence-electron chi connectivity index (χ4n) is 1.80. The van der Waals surface area contributed by atoms with E-state index in [9.17, 15) is 0 Å². The molecule has 0 aliphatic heterocycles. The third-order valence-corrected chi connectivity index (χ3v) is 2.64. The number of furan rings is 1. The maximum absolute atomic E-state index is 5.84. The topological polar surface area (TPSA) is 68.2 Å². The van der Waals surface area contributed by atoms with E-state index in [4.69, 9.17) is 10.2 Å². The summed E-state index contributed by atoms with van der Waals surface area (Å²) in [5.74, 6) is 2.30. The lowest BCUT2D eigenvalue weighted by Crippen LogP contribution is -2.20. The number of nitrogen functional groups attached to an aromatic ring is 1. The molecule has 2 aromatic rings. The molecular formula is C12H16N4O. The van der Waals surface area contributed by atoms with Gasteiger partial charge in [-0.3, -0.25) is 0 Å². The molecule has 17 heavy (non-hydrogen) atoms. The summed E-state index contributed by atoms with van der Waals surface area (Å²) in [6, 6.07) is 3.81. The van der Waals surface area contributed by atoms with Crippen LogP contribution in [0.25, 0.3) is 0 Å². The summed E-state index contributed by atoms with van der Waals surface area (Å²) in [4.78, 5) is 10.3. The van der Waals surface area contributed by atoms with Crippen LogP contribution in [0.1, 0.15) is 18.2 Å². The SMILES string of the molecule is CCc1c(N)ncnc1N(C)Cc1ccco1. The van der Waals surface area contributed by atoms with Gasteiger partial charge in [0, 0.05) is 12.6 Å². The molecule has 2 aromatic heterocycles. The van der Waals surface area contributed by atoms with Crippen molar-refractivity contribution in [1.29, 1.82) is 0 Å². The van der Waals surface area contributed by atoms with E-state index in [1.165, 1.54) is 6.33 Å². The van der Waals surface area contributed by atoms with Crippen molar-refractivity contribution in [2.75, 3.05) is 17.7 Å². The minimum Gasteiger partial charge on any atom is -0.467 e. The molecule has 5 nitrogen and oxygen atoms in total. The average Bonchev–Trinajstić information content (AvgIpc) is 2.81. The van der Waals surface area contributed by atoms with Gasteiger partial charge < -0.3 is 15.1 Å². The number of rotatable bonds is 4. The molecule has 0 bridgehead atoms. The second-order valence-electron chi connectivity index (χ2n) is 3.85. The Morgan fingerprint density at radius 2 is 2.24 bits per heavy atom. The fraction of sp³-hybridized carbons (Fsp3) is 0.333. The summed E-state index contributed by atoms with van der Waals surface area (Å²) < 4.78 is 5.31. The van der Waals surface area contributed by atoms with Crippen LogP contribution >= 0.6 is 0 Å². The van der Waals surface area contributed by atoms with Crippen molar-refractivity contribution in [3.63, 3.8) is 0 Å². The first-order valence-corrected chi connectivity index (χ1v) is 5.55. The second-order valence-corrected chi connectivity index (χ2v) is 3.85. The van der Waals surface area contributed by atoms with Crippen LogP contribution < -0.4 is 10.6 Å². The van der Waals surface area contributed by atoms with E-state index in [1.807, 2.05) is 31.0 Å². The van der Waals surface area contributed by atoms with Gasteiger partial charge >= 0.3 is 0 Å². The van der Waals surface area contributed by atoms with Crippen molar-refractivity contribution < 1.29 is 4.42 Å². The van der Waals surface area contributed by atoms with Crippen LogP contribution in [0.4, 0.5) is 11.6 Å². The van der Waals surface area contributed by atoms with Crippen LogP contribution in [0.2, 0.25) is 0 Å². The lowest BCUT2D eigenvalue weighted by Gasteiger charge is -2.20. The quantitative estimate of drug-likeness (QED) is 0.871. The molecule has 0 aliphatic carbocycles. The van der Waals surface area contributed by atoms with Crippen molar-refractivity contribution in [1.82, 2.24) is 9.97 Å². The number of anilines is 2. The van der Waals surface area contributed by atoms with Gasteiger partial charge in [-0.1, -0.05) is 6.92 Å². The van der Waals surface area contributed by atoms with Gasteiger partial charge in [-0.05, 0) is 18.6 Å². The molecule has 0 amide bonds. The van der Waals surface area contributed by atoms with E-state index in [1.54, 1.807) is 6.26 Å². The van der Waals surface area contributed by atoms with Crippen LogP contribution in [-0.2, 0) is 13.0 Å². The standard InChI is InChI=1S/C12H16N4O/c1-3-10-11(13)14-8-15-12(10)16(2)7-9-5-4-6-17-9/h4-6,8H,3,7H2,1-2H3,(H2,13,14,15). The summed E-state index contributed by atoms with van der Waals surface area (Å²) >= 11 is 0. The lowest BCUT2D eigenvalue weighted by molar-refractivity contribution is 0.506. The van der Waals surface area contributed by atoms with E-state index in [-0.39, 0.29) is 0 Å². The van der Waals surface area contributed by atoms with Crippen LogP contribution in [-0.4, -0.2) is 17.0 Å². The second kappa shape index (κ2) is 4.86. The predicted molar refractivity (Wildman–Crippen MR) is 66.6 cm³/mol. The molecule has 2 heterocycles. The van der Waals surface area contributed by atoms with E-state index < -0.39 is 0 Å². The average molecular weight is 232 g/mol. The molecule has 0 radical (unpaired) electrons. The van der Waals surface area contributed by atoms with Crippen LogP contribution in [0, 0.1) is 0 Å². The van der Waals surface area contributed by atoms with E-state index in [0.717, 1.165) is 23.6 Å². The molecule has 0 aliphatic rings. The highest BCUT2D eigenvalue weighted by Gasteiger charge is 2.12. The van der Waals surface area contributed by atoms with Crippen LogP contribution in [0.15, 0.2) is 29.1 Å². The largest absolute Gasteiger partial charge is 0.467 e. The van der Waals surface area contributed by atoms with Gasteiger partial charge in [0.25, 0.3) is 0 Å². The Balaban J connectivity index is 2.24. The zero-order chi connectivity index (χ0) is 12.3. The molecule has 0 spiro atoms. The molecule has 0 atom stereocenters. The Morgan fingerprint density at radius 3 is 2.88 bits per heavy atom. The first kappa shape index (κ1) is 11.4. The van der Waals surface area contributed by atoms with E-state index in [0.29, 0.717) is 12.4 Å². The highest BCUT2D eigenvalue weighted by atomic mass is 16.3. The minimum absolute atomic E-state index is 0.545. The van der Waals surface area contributed by atoms with E-state index in [2.05, 4.69) is 9.97 Å². The Labute approximate surface area is 100 Å². The van der Waals surface area contributed by atoms with Gasteiger partial charge in [-0.2, -0.15) is 0 Å². The predicted octanol–water partition coefficient (Wildman–Crippen LogP) is 1.85. The first-order chi connectivity index (χ1) is 8.22. The monoisotopic (exact) mass is 232 g/mol. The highest BCUT2D eigenvalue weighted by molar-refractivity contribution is 5.56. The number of hydrogen-bond acceptors (Lipinski definition) is 5. The molecule has 0 saturated carbocycles. The van der Waals surface area contributed by atoms with Gasteiger partial charge in [0.1, 0.15) is 23.7 Å². The third-order valence-electron chi connectivity index (χ3n) is 2.64. The normalized spacial score (nSPS) is 10.5. The van der Waals surface area contributed by atoms with Gasteiger partial charge in [0.05, 0.1) is 12.8 Å². The molecular weight excluding hydrogens is 216 g/mol. The number of aromatic nitrogens is 2. The van der Waals surface area contributed by atoms with Crippen molar-refractivity contribution in [2.24, 2.45) is 0 Å². The molecule has 5 heteroatoms. The van der Waals surface area contributed by atoms with Gasteiger partial charge in [-0.25, -0.2) is 9.97 Å². The summed E-state index contributed by atoms with van der Waals surface area (Å²) in [5, 5.41) is 0.